The van der Waals surface area contributed by atoms with Crippen molar-refractivity contribution in [2.24, 2.45) is 5.92 Å². The van der Waals surface area contributed by atoms with Crippen LogP contribution in [0.5, 0.6) is 0 Å². The lowest BCUT2D eigenvalue weighted by Crippen LogP contribution is -2.39. The molecule has 3 heterocycles. The van der Waals surface area contributed by atoms with Gasteiger partial charge in [-0.1, -0.05) is 35.5 Å². The minimum Gasteiger partial charge on any atom is -0.445 e. The highest BCUT2D eigenvalue weighted by molar-refractivity contribution is 5.69. The fourth-order valence-electron chi connectivity index (χ4n) is 4.61. The summed E-state index contributed by atoms with van der Waals surface area (Å²) in [6, 6.07) is 16.3. The Bertz CT molecular complexity index is 1040. The van der Waals surface area contributed by atoms with E-state index in [9.17, 15) is 9.18 Å². The van der Waals surface area contributed by atoms with Crippen molar-refractivity contribution < 1.29 is 13.9 Å². The number of likely N-dealkylation sites (tertiary alicyclic amines) is 1. The van der Waals surface area contributed by atoms with Gasteiger partial charge >= 0.3 is 6.09 Å². The summed E-state index contributed by atoms with van der Waals surface area (Å²) < 4.78 is 20.6. The van der Waals surface area contributed by atoms with Gasteiger partial charge in [-0.2, -0.15) is 0 Å². The van der Waals surface area contributed by atoms with Gasteiger partial charge in [0.15, 0.2) is 0 Å². The summed E-state index contributed by atoms with van der Waals surface area (Å²) in [5, 5.41) is 12.0. The number of rotatable bonds is 5. The second-order valence-electron chi connectivity index (χ2n) is 8.12. The summed E-state index contributed by atoms with van der Waals surface area (Å²) in [4.78, 5) is 14.6. The van der Waals surface area contributed by atoms with Gasteiger partial charge in [-0.3, -0.25) is 4.68 Å². The maximum atomic E-state index is 13.2. The molecule has 2 saturated heterocycles. The molecule has 1 aromatic heterocycles. The Morgan fingerprint density at radius 1 is 1.16 bits per heavy atom. The predicted octanol–water partition coefficient (Wildman–Crippen LogP) is 3.08. The molecular weight excluding hydrogens is 397 g/mol. The first-order valence-electron chi connectivity index (χ1n) is 10.5. The van der Waals surface area contributed by atoms with E-state index in [1.54, 1.807) is 16.8 Å². The van der Waals surface area contributed by atoms with Crippen LogP contribution in [-0.4, -0.2) is 51.2 Å². The first kappa shape index (κ1) is 19.7. The van der Waals surface area contributed by atoms with E-state index < -0.39 is 0 Å². The van der Waals surface area contributed by atoms with E-state index in [0.717, 1.165) is 24.1 Å². The van der Waals surface area contributed by atoms with Crippen molar-refractivity contribution in [3.05, 3.63) is 72.2 Å². The molecule has 8 heteroatoms. The number of aromatic nitrogens is 3. The van der Waals surface area contributed by atoms with Crippen molar-refractivity contribution in [1.82, 2.24) is 25.2 Å². The lowest BCUT2D eigenvalue weighted by atomic mass is 10.0. The molecule has 2 aromatic carbocycles. The third kappa shape index (κ3) is 4.16. The fourth-order valence-corrected chi connectivity index (χ4v) is 4.61. The Balaban J connectivity index is 1.24. The monoisotopic (exact) mass is 421 g/mol. The Kier molecular flexibility index (Phi) is 5.38. The number of amides is 1. The Morgan fingerprint density at radius 2 is 1.97 bits per heavy atom. The first-order valence-corrected chi connectivity index (χ1v) is 10.5. The van der Waals surface area contributed by atoms with Crippen molar-refractivity contribution in [2.45, 2.75) is 31.7 Å². The molecule has 2 aliphatic heterocycles. The lowest BCUT2D eigenvalue weighted by molar-refractivity contribution is 0.0912. The largest absolute Gasteiger partial charge is 0.445 e. The molecule has 1 N–H and O–H groups in total. The second kappa shape index (κ2) is 8.47. The zero-order valence-electron chi connectivity index (χ0n) is 17.0. The Labute approximate surface area is 179 Å². The molecule has 2 fully saturated rings. The summed E-state index contributed by atoms with van der Waals surface area (Å²) in [7, 11) is 0. The summed E-state index contributed by atoms with van der Waals surface area (Å²) in [6.07, 6.45) is 2.52. The molecule has 3 aromatic rings. The topological polar surface area (TPSA) is 72.3 Å². The molecule has 0 aliphatic carbocycles. The second-order valence-corrected chi connectivity index (χ2v) is 8.12. The number of ether oxygens (including phenoxy) is 1. The number of carbonyl (C=O) groups excluding carboxylic acids is 1. The average Bonchev–Trinajstić information content (AvgIpc) is 3.52. The van der Waals surface area contributed by atoms with Gasteiger partial charge in [-0.15, -0.1) is 5.10 Å². The first-order chi connectivity index (χ1) is 15.2. The van der Waals surface area contributed by atoms with Crippen LogP contribution in [0.2, 0.25) is 0 Å². The van der Waals surface area contributed by atoms with Crippen LogP contribution in [0.1, 0.15) is 12.0 Å². The quantitative estimate of drug-likeness (QED) is 0.686. The van der Waals surface area contributed by atoms with E-state index in [-0.39, 0.29) is 36.5 Å². The highest BCUT2D eigenvalue weighted by Gasteiger charge is 2.47. The molecule has 5 rings (SSSR count). The van der Waals surface area contributed by atoms with Gasteiger partial charge in [0.25, 0.3) is 0 Å². The number of halogens is 1. The Morgan fingerprint density at radius 3 is 2.77 bits per heavy atom. The van der Waals surface area contributed by atoms with Crippen molar-refractivity contribution in [3.8, 4) is 11.3 Å². The molecule has 31 heavy (non-hydrogen) atoms. The van der Waals surface area contributed by atoms with Gasteiger partial charge in [0.2, 0.25) is 0 Å². The smallest absolute Gasteiger partial charge is 0.410 e. The lowest BCUT2D eigenvalue weighted by Gasteiger charge is -2.22. The van der Waals surface area contributed by atoms with Crippen molar-refractivity contribution in [2.75, 3.05) is 13.1 Å². The third-order valence-electron chi connectivity index (χ3n) is 6.11. The van der Waals surface area contributed by atoms with Crippen LogP contribution in [0.3, 0.4) is 0 Å². The fraction of sp³-hybridized carbons (Fsp3) is 0.348. The van der Waals surface area contributed by atoms with Gasteiger partial charge in [0, 0.05) is 30.6 Å². The number of nitrogens with one attached hydrogen (secondary N) is 1. The minimum atomic E-state index is -0.278. The number of hydrogen-bond acceptors (Lipinski definition) is 5. The maximum Gasteiger partial charge on any atom is 0.410 e. The van der Waals surface area contributed by atoms with Crippen LogP contribution in [0.15, 0.2) is 60.8 Å². The molecule has 3 atom stereocenters. The van der Waals surface area contributed by atoms with Crippen LogP contribution in [-0.2, 0) is 17.9 Å². The van der Waals surface area contributed by atoms with Crippen LogP contribution >= 0.6 is 0 Å². The number of hydrogen-bond donors (Lipinski definition) is 1. The van der Waals surface area contributed by atoms with Crippen LogP contribution < -0.4 is 5.32 Å². The SMILES string of the molecule is O=C(OCc1ccccc1)N1CC(Cn2cc(-c3ccc(F)cc3)nn2)C2NCCC21. The molecule has 0 radical (unpaired) electrons. The van der Waals surface area contributed by atoms with Crippen LogP contribution in [0.4, 0.5) is 9.18 Å². The third-order valence-corrected chi connectivity index (χ3v) is 6.11. The normalized spacial score (nSPS) is 22.5. The minimum absolute atomic E-state index is 0.133. The molecule has 160 valence electrons. The maximum absolute atomic E-state index is 13.2. The molecule has 0 saturated carbocycles. The van der Waals surface area contributed by atoms with E-state index in [2.05, 4.69) is 15.6 Å². The molecular formula is C23H24FN5O2. The van der Waals surface area contributed by atoms with Gasteiger partial charge in [0.05, 0.1) is 12.2 Å². The molecule has 1 amide bonds. The van der Waals surface area contributed by atoms with Crippen molar-refractivity contribution in [3.63, 3.8) is 0 Å². The Hall–Kier alpha value is -3.26. The molecule has 3 unspecified atom stereocenters. The molecule has 2 aliphatic rings. The zero-order chi connectivity index (χ0) is 21.2. The van der Waals surface area contributed by atoms with Gasteiger partial charge < -0.3 is 15.0 Å². The summed E-state index contributed by atoms with van der Waals surface area (Å²) in [6.45, 7) is 2.41. The predicted molar refractivity (Wildman–Crippen MR) is 112 cm³/mol. The summed E-state index contributed by atoms with van der Waals surface area (Å²) >= 11 is 0. The molecule has 0 bridgehead atoms. The number of carbonyl (C=O) groups is 1. The summed E-state index contributed by atoms with van der Waals surface area (Å²) in [5.41, 5.74) is 2.50. The number of benzene rings is 2. The van der Waals surface area contributed by atoms with E-state index in [1.807, 2.05) is 41.4 Å². The van der Waals surface area contributed by atoms with Crippen LogP contribution in [0.25, 0.3) is 11.3 Å². The standard InChI is InChI=1S/C23H24FN5O2/c24-19-8-6-17(7-9-19)20-14-28(27-26-20)12-18-13-29(21-10-11-25-22(18)21)23(30)31-15-16-4-2-1-3-5-16/h1-9,14,18,21-22,25H,10-13,15H2. The zero-order valence-corrected chi connectivity index (χ0v) is 17.0. The highest BCUT2D eigenvalue weighted by atomic mass is 19.1. The highest BCUT2D eigenvalue weighted by Crippen LogP contribution is 2.31. The van der Waals surface area contributed by atoms with E-state index in [1.165, 1.54) is 12.1 Å². The van der Waals surface area contributed by atoms with E-state index in [0.29, 0.717) is 18.8 Å². The summed E-state index contributed by atoms with van der Waals surface area (Å²) in [5.74, 6) is -0.0702. The van der Waals surface area contributed by atoms with Gasteiger partial charge in [-0.05, 0) is 42.8 Å². The van der Waals surface area contributed by atoms with Gasteiger partial charge in [0.1, 0.15) is 18.1 Å². The van der Waals surface area contributed by atoms with E-state index >= 15 is 0 Å². The van der Waals surface area contributed by atoms with Gasteiger partial charge in [-0.25, -0.2) is 9.18 Å². The van der Waals surface area contributed by atoms with E-state index in [4.69, 9.17) is 4.74 Å². The number of nitrogens with zero attached hydrogens (tertiary/aromatic N) is 4. The van der Waals surface area contributed by atoms with Crippen LogP contribution in [0, 0.1) is 11.7 Å². The average molecular weight is 421 g/mol. The molecule has 0 spiro atoms. The number of fused-ring (bicyclic) bond motifs is 1. The van der Waals surface area contributed by atoms with Crippen molar-refractivity contribution >= 4 is 6.09 Å². The van der Waals surface area contributed by atoms with Crippen molar-refractivity contribution in [1.29, 1.82) is 0 Å². The molecule has 7 nitrogen and oxygen atoms in total.